The predicted molar refractivity (Wildman–Crippen MR) is 73.8 cm³/mol. The molecule has 1 unspecified atom stereocenters. The Balaban J connectivity index is 2.48. The van der Waals surface area contributed by atoms with Crippen LogP contribution in [0.1, 0.15) is 46.0 Å². The molecule has 1 heterocycles. The Kier molecular flexibility index (Phi) is 5.99. The summed E-state index contributed by atoms with van der Waals surface area (Å²) in [7, 11) is 0. The predicted octanol–water partition coefficient (Wildman–Crippen LogP) is 2.28. The molecule has 0 aromatic carbocycles. The number of hydrogen-bond acceptors (Lipinski definition) is 3. The van der Waals surface area contributed by atoms with Crippen LogP contribution in [0.25, 0.3) is 0 Å². The summed E-state index contributed by atoms with van der Waals surface area (Å²) >= 11 is 1.93. The Labute approximate surface area is 113 Å². The third-order valence-electron chi connectivity index (χ3n) is 3.45. The van der Waals surface area contributed by atoms with Crippen molar-refractivity contribution in [3.05, 3.63) is 0 Å². The van der Waals surface area contributed by atoms with E-state index < -0.39 is 11.5 Å². The highest BCUT2D eigenvalue weighted by Gasteiger charge is 2.34. The van der Waals surface area contributed by atoms with E-state index in [4.69, 9.17) is 0 Å². The molecule has 104 valence electrons. The number of rotatable bonds is 6. The highest BCUT2D eigenvalue weighted by Crippen LogP contribution is 2.25. The Bertz CT molecular complexity index is 303. The molecule has 0 aromatic rings. The maximum atomic E-state index is 11.9. The summed E-state index contributed by atoms with van der Waals surface area (Å²) in [4.78, 5) is 23.1. The van der Waals surface area contributed by atoms with Crippen LogP contribution in [-0.2, 0) is 9.59 Å². The molecule has 0 aliphatic carbocycles. The average molecular weight is 273 g/mol. The number of hydrogen-bond donors (Lipinski definition) is 2. The molecule has 2 N–H and O–H groups in total. The fraction of sp³-hybridized carbons (Fsp3) is 0.846. The zero-order chi connectivity index (χ0) is 13.6. The largest absolute Gasteiger partial charge is 0.480 e. The topological polar surface area (TPSA) is 66.4 Å². The van der Waals surface area contributed by atoms with E-state index in [1.165, 1.54) is 0 Å². The number of carboxylic acid groups (broad SMARTS) is 1. The van der Waals surface area contributed by atoms with Crippen molar-refractivity contribution in [1.29, 1.82) is 0 Å². The van der Waals surface area contributed by atoms with E-state index in [0.29, 0.717) is 18.8 Å². The molecule has 1 amide bonds. The first-order valence-electron chi connectivity index (χ1n) is 6.60. The second-order valence-corrected chi connectivity index (χ2v) is 6.42. The van der Waals surface area contributed by atoms with Gasteiger partial charge in [0.05, 0.1) is 0 Å². The van der Waals surface area contributed by atoms with Gasteiger partial charge in [-0.25, -0.2) is 4.79 Å². The van der Waals surface area contributed by atoms with E-state index in [1.54, 1.807) is 6.92 Å². The Morgan fingerprint density at radius 2 is 2.00 bits per heavy atom. The Morgan fingerprint density at radius 1 is 1.39 bits per heavy atom. The third kappa shape index (κ3) is 4.52. The molecule has 0 aromatic heterocycles. The molecule has 18 heavy (non-hydrogen) atoms. The first kappa shape index (κ1) is 15.3. The minimum absolute atomic E-state index is 0.120. The second-order valence-electron chi connectivity index (χ2n) is 5.20. The monoisotopic (exact) mass is 273 g/mol. The van der Waals surface area contributed by atoms with Crippen molar-refractivity contribution in [1.82, 2.24) is 5.32 Å². The molecule has 1 saturated heterocycles. The zero-order valence-corrected chi connectivity index (χ0v) is 12.0. The third-order valence-corrected chi connectivity index (χ3v) is 4.50. The molecular formula is C13H23NO3S. The molecule has 1 atom stereocenters. The lowest BCUT2D eigenvalue weighted by Gasteiger charge is -2.27. The summed E-state index contributed by atoms with van der Waals surface area (Å²) in [5.41, 5.74) is -1.12. The van der Waals surface area contributed by atoms with Crippen LogP contribution < -0.4 is 5.32 Å². The van der Waals surface area contributed by atoms with E-state index in [0.717, 1.165) is 30.8 Å². The summed E-state index contributed by atoms with van der Waals surface area (Å²) in [6.45, 7) is 3.51. The van der Waals surface area contributed by atoms with Crippen molar-refractivity contribution in [2.75, 3.05) is 11.5 Å². The van der Waals surface area contributed by atoms with Gasteiger partial charge >= 0.3 is 5.97 Å². The first-order chi connectivity index (χ1) is 8.48. The molecule has 0 radical (unpaired) electrons. The van der Waals surface area contributed by atoms with Crippen LogP contribution in [0.5, 0.6) is 0 Å². The van der Waals surface area contributed by atoms with Gasteiger partial charge < -0.3 is 10.4 Å². The van der Waals surface area contributed by atoms with E-state index >= 15 is 0 Å². The van der Waals surface area contributed by atoms with Crippen LogP contribution in [0.3, 0.4) is 0 Å². The summed E-state index contributed by atoms with van der Waals surface area (Å²) in [5.74, 6) is 1.58. The minimum atomic E-state index is -1.12. The number of nitrogens with one attached hydrogen (secondary N) is 1. The fourth-order valence-electron chi connectivity index (χ4n) is 2.29. The maximum absolute atomic E-state index is 11.9. The van der Waals surface area contributed by atoms with E-state index in [2.05, 4.69) is 5.32 Å². The highest BCUT2D eigenvalue weighted by atomic mass is 32.2. The van der Waals surface area contributed by atoms with Gasteiger partial charge in [-0.2, -0.15) is 11.8 Å². The van der Waals surface area contributed by atoms with Crippen LogP contribution in [0.4, 0.5) is 0 Å². The van der Waals surface area contributed by atoms with Crippen molar-refractivity contribution < 1.29 is 14.7 Å². The van der Waals surface area contributed by atoms with Gasteiger partial charge in [-0.1, -0.05) is 13.3 Å². The molecule has 0 bridgehead atoms. The van der Waals surface area contributed by atoms with Gasteiger partial charge in [-0.05, 0) is 43.6 Å². The number of thioether (sulfide) groups is 1. The van der Waals surface area contributed by atoms with Crippen LogP contribution >= 0.6 is 11.8 Å². The van der Waals surface area contributed by atoms with Crippen LogP contribution in [0.2, 0.25) is 0 Å². The highest BCUT2D eigenvalue weighted by molar-refractivity contribution is 7.99. The number of carbonyl (C=O) groups excluding carboxylic acids is 1. The molecule has 0 saturated carbocycles. The number of aliphatic carboxylic acids is 1. The normalized spacial score (nSPS) is 20.1. The summed E-state index contributed by atoms with van der Waals surface area (Å²) in [6.07, 6.45) is 3.80. The number of amides is 1. The van der Waals surface area contributed by atoms with Gasteiger partial charge in [0.25, 0.3) is 0 Å². The number of carbonyl (C=O) groups is 2. The molecule has 5 heteroatoms. The van der Waals surface area contributed by atoms with Gasteiger partial charge in [0.15, 0.2) is 0 Å². The lowest BCUT2D eigenvalue weighted by molar-refractivity contribution is -0.147. The maximum Gasteiger partial charge on any atom is 0.329 e. The zero-order valence-electron chi connectivity index (χ0n) is 11.2. The van der Waals surface area contributed by atoms with Gasteiger partial charge in [-0.3, -0.25) is 4.79 Å². The Morgan fingerprint density at radius 3 is 2.50 bits per heavy atom. The average Bonchev–Trinajstić information content (AvgIpc) is 2.30. The SMILES string of the molecule is CCCC(C)(NC(=O)CC1CCSCC1)C(=O)O. The van der Waals surface area contributed by atoms with Crippen molar-refractivity contribution in [2.45, 2.75) is 51.5 Å². The van der Waals surface area contributed by atoms with E-state index in [9.17, 15) is 14.7 Å². The molecule has 1 aliphatic rings. The van der Waals surface area contributed by atoms with Crippen molar-refractivity contribution in [3.63, 3.8) is 0 Å². The van der Waals surface area contributed by atoms with Gasteiger partial charge in [0.2, 0.25) is 5.91 Å². The van der Waals surface area contributed by atoms with Crippen LogP contribution in [0, 0.1) is 5.92 Å². The second kappa shape index (κ2) is 7.02. The van der Waals surface area contributed by atoms with Gasteiger partial charge in [-0.15, -0.1) is 0 Å². The van der Waals surface area contributed by atoms with Crippen LogP contribution in [-0.4, -0.2) is 34.0 Å². The summed E-state index contributed by atoms with van der Waals surface area (Å²) in [6, 6.07) is 0. The molecule has 1 aliphatic heterocycles. The van der Waals surface area contributed by atoms with Gasteiger partial charge in [0.1, 0.15) is 5.54 Å². The smallest absolute Gasteiger partial charge is 0.329 e. The van der Waals surface area contributed by atoms with E-state index in [1.807, 2.05) is 18.7 Å². The van der Waals surface area contributed by atoms with Crippen molar-refractivity contribution in [2.24, 2.45) is 5.92 Å². The lowest BCUT2D eigenvalue weighted by atomic mass is 9.94. The van der Waals surface area contributed by atoms with Crippen LogP contribution in [0.15, 0.2) is 0 Å². The standard InChI is InChI=1S/C13H23NO3S/c1-3-6-13(2,12(16)17)14-11(15)9-10-4-7-18-8-5-10/h10H,3-9H2,1-2H3,(H,14,15)(H,16,17). The molecule has 0 spiro atoms. The molecule has 4 nitrogen and oxygen atoms in total. The van der Waals surface area contributed by atoms with Crippen molar-refractivity contribution >= 4 is 23.6 Å². The lowest BCUT2D eigenvalue weighted by Crippen LogP contribution is -2.52. The van der Waals surface area contributed by atoms with E-state index in [-0.39, 0.29) is 5.91 Å². The molecule has 1 fully saturated rings. The fourth-order valence-corrected chi connectivity index (χ4v) is 3.50. The number of carboxylic acids is 1. The molecular weight excluding hydrogens is 250 g/mol. The van der Waals surface area contributed by atoms with Gasteiger partial charge in [0, 0.05) is 6.42 Å². The first-order valence-corrected chi connectivity index (χ1v) is 7.75. The minimum Gasteiger partial charge on any atom is -0.480 e. The molecule has 1 rings (SSSR count). The quantitative estimate of drug-likeness (QED) is 0.779. The summed E-state index contributed by atoms with van der Waals surface area (Å²) in [5, 5.41) is 11.9. The Hall–Kier alpha value is -0.710. The van der Waals surface area contributed by atoms with Crippen molar-refractivity contribution in [3.8, 4) is 0 Å². The summed E-state index contributed by atoms with van der Waals surface area (Å²) < 4.78 is 0.